The molecule has 14 heteroatoms. The third-order valence-electron chi connectivity index (χ3n) is 9.89. The number of imidazole rings is 1. The molecule has 13 nitrogen and oxygen atoms in total. The van der Waals surface area contributed by atoms with E-state index in [0.717, 1.165) is 64.2 Å². The van der Waals surface area contributed by atoms with Crippen molar-refractivity contribution in [2.45, 2.75) is 161 Å². The summed E-state index contributed by atoms with van der Waals surface area (Å²) in [7, 11) is -3.81. The van der Waals surface area contributed by atoms with Crippen molar-refractivity contribution in [3.8, 4) is 0 Å². The fraction of sp³-hybridized carbons (Fsp3) is 0.800. The summed E-state index contributed by atoms with van der Waals surface area (Å²) < 4.78 is 34.7. The van der Waals surface area contributed by atoms with E-state index in [9.17, 15) is 14.2 Å². The van der Waals surface area contributed by atoms with Gasteiger partial charge >= 0.3 is 11.9 Å². The number of ether oxygens (including phenoxy) is 3. The maximum atomic E-state index is 14.8. The molecule has 1 atom stereocenters. The van der Waals surface area contributed by atoms with Crippen LogP contribution in [-0.2, 0) is 34.9 Å². The van der Waals surface area contributed by atoms with E-state index in [0.29, 0.717) is 29.5 Å². The molecule has 2 aliphatic rings. The average Bonchev–Trinajstić information content (AvgIpc) is 3.45. The van der Waals surface area contributed by atoms with Gasteiger partial charge in [-0.15, -0.1) is 0 Å². The Kier molecular flexibility index (Phi) is 13.7. The van der Waals surface area contributed by atoms with E-state index in [-0.39, 0.29) is 24.4 Å². The van der Waals surface area contributed by atoms with Gasteiger partial charge in [0.15, 0.2) is 11.5 Å². The molecule has 2 heterocycles. The molecule has 0 aliphatic heterocycles. The Morgan fingerprint density at radius 1 is 0.878 bits per heavy atom. The fourth-order valence-corrected chi connectivity index (χ4v) is 9.81. The number of esters is 2. The third kappa shape index (κ3) is 10.9. The van der Waals surface area contributed by atoms with Crippen molar-refractivity contribution in [1.82, 2.24) is 29.7 Å². The van der Waals surface area contributed by atoms with Crippen LogP contribution in [0, 0.1) is 11.8 Å². The van der Waals surface area contributed by atoms with Crippen molar-refractivity contribution in [3.63, 3.8) is 0 Å². The number of rotatable bonds is 17. The minimum Gasteiger partial charge on any atom is -0.461 e. The summed E-state index contributed by atoms with van der Waals surface area (Å²) >= 11 is 0. The van der Waals surface area contributed by atoms with Crippen LogP contribution in [0.5, 0.6) is 0 Å². The number of hydrogen-bond acceptors (Lipinski definition) is 10. The van der Waals surface area contributed by atoms with Crippen molar-refractivity contribution in [1.29, 1.82) is 0 Å². The second kappa shape index (κ2) is 17.1. The zero-order chi connectivity index (χ0) is 35.8. The molecular formula is C35H60N7O6P. The predicted octanol–water partition coefficient (Wildman–Crippen LogP) is 6.50. The molecule has 0 radical (unpaired) electrons. The molecule has 0 bridgehead atoms. The SMILES string of the molecule is CCC[C@H]1CC[C@H](OC(=O)C(C)(C)NP(=O)(CO[C@H](C)Cn2cnc3c(N)ncnc32)NC(C)(C)C(=O)O[C@H]2CC[C@H](CCC)CC2)CC1. The largest absolute Gasteiger partial charge is 0.461 e. The lowest BCUT2D eigenvalue weighted by molar-refractivity contribution is -0.157. The molecule has 2 aliphatic carbocycles. The van der Waals surface area contributed by atoms with E-state index in [2.05, 4.69) is 39.0 Å². The molecule has 49 heavy (non-hydrogen) atoms. The van der Waals surface area contributed by atoms with E-state index in [1.807, 2.05) is 6.92 Å². The Bertz CT molecular complexity index is 1370. The van der Waals surface area contributed by atoms with E-state index in [1.165, 1.54) is 19.2 Å². The molecule has 0 saturated heterocycles. The van der Waals surface area contributed by atoms with Gasteiger partial charge in [-0.1, -0.05) is 39.5 Å². The smallest absolute Gasteiger partial charge is 0.326 e. The molecular weight excluding hydrogens is 645 g/mol. The zero-order valence-electron chi connectivity index (χ0n) is 30.7. The van der Waals surface area contributed by atoms with E-state index < -0.39 is 36.6 Å². The van der Waals surface area contributed by atoms with Gasteiger partial charge in [-0.3, -0.25) is 14.2 Å². The second-order valence-corrected chi connectivity index (χ2v) is 17.5. The quantitative estimate of drug-likeness (QED) is 0.121. The van der Waals surface area contributed by atoms with Crippen LogP contribution in [0.1, 0.15) is 126 Å². The van der Waals surface area contributed by atoms with Crippen LogP contribution in [0.25, 0.3) is 11.2 Å². The molecule has 276 valence electrons. The molecule has 0 aromatic carbocycles. The number of nitrogens with one attached hydrogen (secondary N) is 2. The van der Waals surface area contributed by atoms with Crippen LogP contribution in [0.4, 0.5) is 5.82 Å². The first-order valence-corrected chi connectivity index (χ1v) is 20.2. The van der Waals surface area contributed by atoms with Gasteiger partial charge in [-0.2, -0.15) is 0 Å². The molecule has 2 fully saturated rings. The molecule has 2 saturated carbocycles. The predicted molar refractivity (Wildman–Crippen MR) is 191 cm³/mol. The first-order valence-electron chi connectivity index (χ1n) is 18.3. The van der Waals surface area contributed by atoms with E-state index in [4.69, 9.17) is 19.9 Å². The summed E-state index contributed by atoms with van der Waals surface area (Å²) in [5, 5.41) is 6.11. The number of nitrogen functional groups attached to an aromatic ring is 1. The number of nitrogens with two attached hydrogens (primary N) is 1. The lowest BCUT2D eigenvalue weighted by Gasteiger charge is -2.37. The monoisotopic (exact) mass is 705 g/mol. The number of aromatic nitrogens is 4. The minimum absolute atomic E-state index is 0.174. The van der Waals surface area contributed by atoms with Crippen LogP contribution < -0.4 is 15.9 Å². The first-order chi connectivity index (χ1) is 23.1. The number of carbonyl (C=O) groups excluding carboxylic acids is 2. The van der Waals surface area contributed by atoms with E-state index in [1.54, 1.807) is 38.6 Å². The third-order valence-corrected chi connectivity index (χ3v) is 12.2. The first kappa shape index (κ1) is 39.2. The highest BCUT2D eigenvalue weighted by Crippen LogP contribution is 2.43. The van der Waals surface area contributed by atoms with Crippen LogP contribution >= 0.6 is 7.44 Å². The van der Waals surface area contributed by atoms with Crippen molar-refractivity contribution in [2.75, 3.05) is 12.1 Å². The molecule has 2 aromatic rings. The molecule has 4 N–H and O–H groups in total. The van der Waals surface area contributed by atoms with Gasteiger partial charge in [-0.05, 0) is 97.8 Å². The highest BCUT2D eigenvalue weighted by molar-refractivity contribution is 7.59. The van der Waals surface area contributed by atoms with Gasteiger partial charge in [0, 0.05) is 0 Å². The minimum atomic E-state index is -3.81. The maximum Gasteiger partial charge on any atom is 0.326 e. The highest BCUT2D eigenvalue weighted by Gasteiger charge is 2.44. The second-order valence-electron chi connectivity index (χ2n) is 15.3. The summed E-state index contributed by atoms with van der Waals surface area (Å²) in [5.41, 5.74) is 4.31. The van der Waals surface area contributed by atoms with Gasteiger partial charge in [0.2, 0.25) is 7.44 Å². The summed E-state index contributed by atoms with van der Waals surface area (Å²) in [6.07, 6.45) is 14.0. The standard InChI is InChI=1S/C35H60N7O6P/c1-8-10-25-12-16-27(17-13-25)47-32(43)34(4,5)40-49(45,23-46-24(3)20-42-22-39-29-30(36)37-21-38-31(29)42)41-35(6,7)33(44)48-28-18-14-26(11-9-2)15-19-28/h21-22,24-28H,8-20,23H2,1-7H3,(H2,36,37,38)(H2,40,41,45)/t24-,25-,26-,27-,28-/m1/s1. The van der Waals surface area contributed by atoms with Crippen LogP contribution in [0.3, 0.4) is 0 Å². The number of carbonyl (C=O) groups is 2. The topological polar surface area (TPSA) is 173 Å². The van der Waals surface area contributed by atoms with Crippen molar-refractivity contribution in [3.05, 3.63) is 12.7 Å². The number of nitrogens with zero attached hydrogens (tertiary/aromatic N) is 4. The number of hydrogen-bond donors (Lipinski definition) is 3. The highest BCUT2D eigenvalue weighted by atomic mass is 31.2. The van der Waals surface area contributed by atoms with Gasteiger partial charge in [0.25, 0.3) is 0 Å². The average molecular weight is 706 g/mol. The van der Waals surface area contributed by atoms with Crippen molar-refractivity contribution in [2.24, 2.45) is 11.8 Å². The lowest BCUT2D eigenvalue weighted by Crippen LogP contribution is -2.54. The summed E-state index contributed by atoms with van der Waals surface area (Å²) in [5.74, 6) is 0.642. The maximum absolute atomic E-state index is 14.8. The summed E-state index contributed by atoms with van der Waals surface area (Å²) in [4.78, 5) is 39.7. The van der Waals surface area contributed by atoms with Crippen molar-refractivity contribution >= 4 is 36.4 Å². The summed E-state index contributed by atoms with van der Waals surface area (Å²) in [6.45, 7) is 13.2. The van der Waals surface area contributed by atoms with Crippen molar-refractivity contribution < 1.29 is 28.4 Å². The molecule has 0 spiro atoms. The van der Waals surface area contributed by atoms with Gasteiger partial charge in [-0.25, -0.2) is 25.1 Å². The molecule has 0 unspecified atom stereocenters. The Hall–Kier alpha value is -2.60. The van der Waals surface area contributed by atoms with Gasteiger partial charge in [0.05, 0.1) is 19.0 Å². The van der Waals surface area contributed by atoms with Gasteiger partial charge < -0.3 is 24.5 Å². The molecule has 0 amide bonds. The lowest BCUT2D eigenvalue weighted by atomic mass is 9.84. The van der Waals surface area contributed by atoms with Crippen LogP contribution in [0.2, 0.25) is 0 Å². The normalized spacial score (nSPS) is 22.9. The van der Waals surface area contributed by atoms with Crippen LogP contribution in [0.15, 0.2) is 12.7 Å². The number of anilines is 1. The Morgan fingerprint density at radius 2 is 1.37 bits per heavy atom. The Labute approximate surface area is 292 Å². The van der Waals surface area contributed by atoms with E-state index >= 15 is 0 Å². The number of fused-ring (bicyclic) bond motifs is 1. The Balaban J connectivity index is 1.45. The van der Waals surface area contributed by atoms with Gasteiger partial charge in [0.1, 0.15) is 41.5 Å². The Morgan fingerprint density at radius 3 is 1.84 bits per heavy atom. The summed E-state index contributed by atoms with van der Waals surface area (Å²) in [6, 6.07) is 0. The molecule has 2 aromatic heterocycles. The zero-order valence-corrected chi connectivity index (χ0v) is 31.6. The van der Waals surface area contributed by atoms with Crippen LogP contribution in [-0.4, -0.2) is 67.2 Å². The molecule has 4 rings (SSSR count). The fourth-order valence-electron chi connectivity index (χ4n) is 7.17.